The Labute approximate surface area is 161 Å². The Balaban J connectivity index is 2.06. The number of aliphatic hydroxyl groups excluding tert-OH is 1. The number of carbonyl (C=O) groups excluding carboxylic acids is 2. The van der Waals surface area contributed by atoms with Crippen molar-refractivity contribution in [3.05, 3.63) is 57.5 Å². The summed E-state index contributed by atoms with van der Waals surface area (Å²) < 4.78 is 11.2. The number of nitrogens with zero attached hydrogens (tertiary/aromatic N) is 1. The summed E-state index contributed by atoms with van der Waals surface area (Å²) in [5.41, 5.74) is 0.748. The zero-order chi connectivity index (χ0) is 19.6. The Morgan fingerprint density at radius 3 is 2.52 bits per heavy atom. The third kappa shape index (κ3) is 3.42. The van der Waals surface area contributed by atoms with Gasteiger partial charge in [0.25, 0.3) is 5.91 Å². The molecule has 142 valence electrons. The van der Waals surface area contributed by atoms with E-state index < -0.39 is 17.7 Å². The summed E-state index contributed by atoms with van der Waals surface area (Å²) in [6.45, 7) is 4.69. The number of aliphatic hydroxyl groups is 1. The predicted octanol–water partition coefficient (Wildman–Crippen LogP) is 3.75. The minimum absolute atomic E-state index is 0.0801. The lowest BCUT2D eigenvalue weighted by molar-refractivity contribution is -0.128. The van der Waals surface area contributed by atoms with Crippen molar-refractivity contribution in [1.82, 2.24) is 4.90 Å². The van der Waals surface area contributed by atoms with Crippen LogP contribution in [0.5, 0.6) is 11.5 Å². The highest BCUT2D eigenvalue weighted by molar-refractivity contribution is 7.12. The van der Waals surface area contributed by atoms with E-state index in [1.165, 1.54) is 16.2 Å². The van der Waals surface area contributed by atoms with Crippen LogP contribution in [0.15, 0.2) is 47.0 Å². The van der Waals surface area contributed by atoms with Crippen LogP contribution in [0.2, 0.25) is 0 Å². The highest BCUT2D eigenvalue weighted by Crippen LogP contribution is 2.41. The van der Waals surface area contributed by atoms with Gasteiger partial charge in [0.15, 0.2) is 17.3 Å². The molecular weight excluding hydrogens is 366 g/mol. The number of rotatable bonds is 7. The molecule has 0 saturated carbocycles. The van der Waals surface area contributed by atoms with E-state index in [1.54, 1.807) is 42.8 Å². The summed E-state index contributed by atoms with van der Waals surface area (Å²) in [6.07, 6.45) is 0. The van der Waals surface area contributed by atoms with Gasteiger partial charge in [-0.25, -0.2) is 0 Å². The molecule has 3 rings (SSSR count). The fourth-order valence-electron chi connectivity index (χ4n) is 3.12. The molecule has 0 bridgehead atoms. The normalized spacial score (nSPS) is 16.8. The number of ether oxygens (including phenoxy) is 2. The van der Waals surface area contributed by atoms with E-state index >= 15 is 0 Å². The molecule has 1 aliphatic rings. The Morgan fingerprint density at radius 2 is 1.89 bits per heavy atom. The third-order valence-corrected chi connectivity index (χ3v) is 5.18. The molecule has 0 radical (unpaired) electrons. The van der Waals surface area contributed by atoms with Crippen molar-refractivity contribution in [1.29, 1.82) is 0 Å². The van der Waals surface area contributed by atoms with Crippen molar-refractivity contribution in [3.8, 4) is 11.5 Å². The van der Waals surface area contributed by atoms with Gasteiger partial charge in [0.05, 0.1) is 29.7 Å². The van der Waals surface area contributed by atoms with Crippen molar-refractivity contribution in [3.63, 3.8) is 0 Å². The van der Waals surface area contributed by atoms with Gasteiger partial charge in [-0.3, -0.25) is 9.59 Å². The molecule has 1 aliphatic heterocycles. The summed E-state index contributed by atoms with van der Waals surface area (Å²) in [4.78, 5) is 27.1. The SMILES string of the molecule is CCOc1ccc(C2C(C(=O)c3cccs3)=C(O)C(=O)N2C)cc1OCC. The first kappa shape index (κ1) is 19.0. The van der Waals surface area contributed by atoms with E-state index in [-0.39, 0.29) is 11.4 Å². The molecule has 1 N–H and O–H groups in total. The van der Waals surface area contributed by atoms with E-state index in [4.69, 9.17) is 9.47 Å². The topological polar surface area (TPSA) is 76.1 Å². The highest BCUT2D eigenvalue weighted by Gasteiger charge is 2.42. The summed E-state index contributed by atoms with van der Waals surface area (Å²) in [6, 6.07) is 8.03. The van der Waals surface area contributed by atoms with Gasteiger partial charge in [-0.1, -0.05) is 12.1 Å². The zero-order valence-corrected chi connectivity index (χ0v) is 16.2. The van der Waals surface area contributed by atoms with E-state index in [0.29, 0.717) is 35.2 Å². The van der Waals surface area contributed by atoms with Gasteiger partial charge < -0.3 is 19.5 Å². The minimum atomic E-state index is -0.693. The number of amides is 1. The van der Waals surface area contributed by atoms with Gasteiger partial charge in [-0.2, -0.15) is 0 Å². The van der Waals surface area contributed by atoms with Crippen molar-refractivity contribution in [2.45, 2.75) is 19.9 Å². The molecule has 1 atom stereocenters. The lowest BCUT2D eigenvalue weighted by Gasteiger charge is -2.23. The average Bonchev–Trinajstić information content (AvgIpc) is 3.27. The first-order valence-corrected chi connectivity index (χ1v) is 9.55. The van der Waals surface area contributed by atoms with Crippen LogP contribution >= 0.6 is 11.3 Å². The van der Waals surface area contributed by atoms with Gasteiger partial charge in [0, 0.05) is 7.05 Å². The molecule has 27 heavy (non-hydrogen) atoms. The van der Waals surface area contributed by atoms with Crippen LogP contribution in [0.3, 0.4) is 0 Å². The largest absolute Gasteiger partial charge is 0.503 e. The smallest absolute Gasteiger partial charge is 0.289 e. The van der Waals surface area contributed by atoms with Crippen LogP contribution < -0.4 is 9.47 Å². The number of hydrogen-bond donors (Lipinski definition) is 1. The molecule has 7 heteroatoms. The number of hydrogen-bond acceptors (Lipinski definition) is 6. The molecule has 2 aromatic rings. The third-order valence-electron chi connectivity index (χ3n) is 4.31. The van der Waals surface area contributed by atoms with Crippen LogP contribution in [-0.4, -0.2) is 42.0 Å². The van der Waals surface area contributed by atoms with Crippen LogP contribution in [0, 0.1) is 0 Å². The molecule has 1 unspecified atom stereocenters. The second-order valence-corrected chi connectivity index (χ2v) is 6.91. The highest BCUT2D eigenvalue weighted by atomic mass is 32.1. The number of carbonyl (C=O) groups is 2. The molecule has 0 spiro atoms. The molecule has 0 aliphatic carbocycles. The van der Waals surface area contributed by atoms with Crippen LogP contribution in [0.1, 0.15) is 35.1 Å². The standard InChI is InChI=1S/C20H21NO5S/c1-4-25-13-9-8-12(11-14(13)26-5-2)17-16(19(23)20(24)21(17)3)18(22)15-7-6-10-27-15/h6-11,17,23H,4-5H2,1-3H3. The fourth-order valence-corrected chi connectivity index (χ4v) is 3.80. The van der Waals surface area contributed by atoms with Crippen molar-refractivity contribution < 1.29 is 24.2 Å². The second kappa shape index (κ2) is 7.84. The predicted molar refractivity (Wildman–Crippen MR) is 103 cm³/mol. The van der Waals surface area contributed by atoms with Gasteiger partial charge in [0.2, 0.25) is 5.78 Å². The van der Waals surface area contributed by atoms with Crippen LogP contribution in [-0.2, 0) is 4.79 Å². The molecule has 1 aromatic heterocycles. The summed E-state index contributed by atoms with van der Waals surface area (Å²) in [5.74, 6) is -0.307. The van der Waals surface area contributed by atoms with Crippen LogP contribution in [0.4, 0.5) is 0 Å². The number of Topliss-reactive ketones (excluding diaryl/α,β-unsaturated/α-hetero) is 1. The average molecular weight is 387 g/mol. The van der Waals surface area contributed by atoms with Gasteiger partial charge >= 0.3 is 0 Å². The minimum Gasteiger partial charge on any atom is -0.503 e. The summed E-state index contributed by atoms with van der Waals surface area (Å²) in [5, 5.41) is 12.1. The van der Waals surface area contributed by atoms with Gasteiger partial charge in [0.1, 0.15) is 0 Å². The number of benzene rings is 1. The number of ketones is 1. The maximum Gasteiger partial charge on any atom is 0.289 e. The van der Waals surface area contributed by atoms with Crippen LogP contribution in [0.25, 0.3) is 0 Å². The number of thiophene rings is 1. The maximum absolute atomic E-state index is 12.9. The quantitative estimate of drug-likeness (QED) is 0.732. The first-order chi connectivity index (χ1) is 13.0. The van der Waals surface area contributed by atoms with Crippen molar-refractivity contribution >= 4 is 23.0 Å². The summed E-state index contributed by atoms with van der Waals surface area (Å²) >= 11 is 1.27. The van der Waals surface area contributed by atoms with E-state index in [0.717, 1.165) is 0 Å². The first-order valence-electron chi connectivity index (χ1n) is 8.67. The fraction of sp³-hybridized carbons (Fsp3) is 0.300. The molecule has 0 fully saturated rings. The second-order valence-electron chi connectivity index (χ2n) is 5.96. The van der Waals surface area contributed by atoms with Gasteiger partial charge in [-0.05, 0) is 43.0 Å². The zero-order valence-electron chi connectivity index (χ0n) is 15.4. The monoisotopic (exact) mass is 387 g/mol. The van der Waals surface area contributed by atoms with Crippen molar-refractivity contribution in [2.24, 2.45) is 0 Å². The molecule has 0 saturated heterocycles. The Morgan fingerprint density at radius 1 is 1.19 bits per heavy atom. The Bertz CT molecular complexity index is 888. The Kier molecular flexibility index (Phi) is 5.51. The molecule has 2 heterocycles. The molecule has 6 nitrogen and oxygen atoms in total. The maximum atomic E-state index is 12.9. The molecule has 1 amide bonds. The molecule has 1 aromatic carbocycles. The van der Waals surface area contributed by atoms with Crippen molar-refractivity contribution in [2.75, 3.05) is 20.3 Å². The van der Waals surface area contributed by atoms with E-state index in [1.807, 2.05) is 13.8 Å². The van der Waals surface area contributed by atoms with E-state index in [9.17, 15) is 14.7 Å². The lowest BCUT2D eigenvalue weighted by Crippen LogP contribution is -2.26. The molecular formula is C20H21NO5S. The summed E-state index contributed by atoms with van der Waals surface area (Å²) in [7, 11) is 1.56. The van der Waals surface area contributed by atoms with Gasteiger partial charge in [-0.15, -0.1) is 11.3 Å². The number of likely N-dealkylation sites (N-methyl/N-ethyl adjacent to an activating group) is 1. The lowest BCUT2D eigenvalue weighted by atomic mass is 9.95. The Hall–Kier alpha value is -2.80. The van der Waals surface area contributed by atoms with E-state index in [2.05, 4.69) is 0 Å².